The van der Waals surface area contributed by atoms with Crippen molar-refractivity contribution in [3.63, 3.8) is 0 Å². The second-order valence-corrected chi connectivity index (χ2v) is 6.15. The van der Waals surface area contributed by atoms with Crippen LogP contribution in [0.5, 0.6) is 0 Å². The topological polar surface area (TPSA) is 12.0 Å². The van der Waals surface area contributed by atoms with E-state index in [0.29, 0.717) is 6.04 Å². The molecule has 2 rings (SSSR count). The molecular weight excluding hydrogens is 262 g/mol. The molecule has 0 radical (unpaired) electrons. The SMILES string of the molecule is Cc1ccc(NC2CC(C(C)C)C2)c(Br)c1. The van der Waals surface area contributed by atoms with E-state index in [9.17, 15) is 0 Å². The van der Waals surface area contributed by atoms with Gasteiger partial charge in [-0.2, -0.15) is 0 Å². The van der Waals surface area contributed by atoms with Crippen LogP contribution < -0.4 is 5.32 Å². The van der Waals surface area contributed by atoms with E-state index in [-0.39, 0.29) is 0 Å². The first kappa shape index (κ1) is 12.0. The van der Waals surface area contributed by atoms with Crippen molar-refractivity contribution in [2.24, 2.45) is 11.8 Å². The van der Waals surface area contributed by atoms with Gasteiger partial charge in [0.25, 0.3) is 0 Å². The molecule has 2 heteroatoms. The third-order valence-electron chi connectivity index (χ3n) is 3.60. The first-order valence-electron chi connectivity index (χ1n) is 6.09. The van der Waals surface area contributed by atoms with E-state index in [0.717, 1.165) is 11.8 Å². The van der Waals surface area contributed by atoms with Crippen LogP contribution in [0.25, 0.3) is 0 Å². The molecule has 0 saturated heterocycles. The van der Waals surface area contributed by atoms with Gasteiger partial charge in [0.2, 0.25) is 0 Å². The Kier molecular flexibility index (Phi) is 3.58. The van der Waals surface area contributed by atoms with Gasteiger partial charge in [0.1, 0.15) is 0 Å². The lowest BCUT2D eigenvalue weighted by atomic mass is 9.73. The van der Waals surface area contributed by atoms with Crippen molar-refractivity contribution in [3.8, 4) is 0 Å². The maximum Gasteiger partial charge on any atom is 0.0486 e. The summed E-state index contributed by atoms with van der Waals surface area (Å²) in [4.78, 5) is 0. The molecule has 1 nitrogen and oxygen atoms in total. The van der Waals surface area contributed by atoms with E-state index in [1.165, 1.54) is 28.6 Å². The van der Waals surface area contributed by atoms with Gasteiger partial charge in [-0.15, -0.1) is 0 Å². The van der Waals surface area contributed by atoms with Crippen molar-refractivity contribution >= 4 is 21.6 Å². The first-order valence-corrected chi connectivity index (χ1v) is 6.88. The number of halogens is 1. The number of hydrogen-bond acceptors (Lipinski definition) is 1. The maximum atomic E-state index is 3.61. The van der Waals surface area contributed by atoms with E-state index >= 15 is 0 Å². The first-order chi connectivity index (χ1) is 7.56. The fourth-order valence-corrected chi connectivity index (χ4v) is 2.89. The van der Waals surface area contributed by atoms with Crippen molar-refractivity contribution in [2.75, 3.05) is 5.32 Å². The quantitative estimate of drug-likeness (QED) is 0.854. The van der Waals surface area contributed by atoms with E-state index < -0.39 is 0 Å². The highest BCUT2D eigenvalue weighted by Crippen LogP contribution is 2.36. The molecule has 0 amide bonds. The molecule has 1 aromatic rings. The van der Waals surface area contributed by atoms with E-state index in [4.69, 9.17) is 0 Å². The van der Waals surface area contributed by atoms with Gasteiger partial charge < -0.3 is 5.32 Å². The minimum absolute atomic E-state index is 0.673. The van der Waals surface area contributed by atoms with Gasteiger partial charge in [-0.1, -0.05) is 19.9 Å². The monoisotopic (exact) mass is 281 g/mol. The van der Waals surface area contributed by atoms with Crippen LogP contribution in [0, 0.1) is 18.8 Å². The second-order valence-electron chi connectivity index (χ2n) is 5.30. The maximum absolute atomic E-state index is 3.61. The molecule has 0 bridgehead atoms. The molecule has 0 aliphatic heterocycles. The molecule has 1 saturated carbocycles. The van der Waals surface area contributed by atoms with Crippen LogP contribution in [0.15, 0.2) is 22.7 Å². The van der Waals surface area contributed by atoms with Gasteiger partial charge in [-0.3, -0.25) is 0 Å². The lowest BCUT2D eigenvalue weighted by Crippen LogP contribution is -2.37. The second kappa shape index (κ2) is 4.79. The van der Waals surface area contributed by atoms with Crippen LogP contribution in [0.3, 0.4) is 0 Å². The normalized spacial score (nSPS) is 24.3. The molecule has 0 unspecified atom stereocenters. The number of rotatable bonds is 3. The fraction of sp³-hybridized carbons (Fsp3) is 0.571. The predicted molar refractivity (Wildman–Crippen MR) is 73.9 cm³/mol. The summed E-state index contributed by atoms with van der Waals surface area (Å²) in [7, 11) is 0. The summed E-state index contributed by atoms with van der Waals surface area (Å²) < 4.78 is 1.18. The predicted octanol–water partition coefficient (Wildman–Crippen LogP) is 4.60. The highest BCUT2D eigenvalue weighted by Gasteiger charge is 2.31. The molecular formula is C14H20BrN. The van der Waals surface area contributed by atoms with Gasteiger partial charge in [0.15, 0.2) is 0 Å². The van der Waals surface area contributed by atoms with Gasteiger partial charge in [0.05, 0.1) is 0 Å². The van der Waals surface area contributed by atoms with Crippen molar-refractivity contribution in [2.45, 2.75) is 39.7 Å². The van der Waals surface area contributed by atoms with Crippen LogP contribution in [0.4, 0.5) is 5.69 Å². The lowest BCUT2D eigenvalue weighted by Gasteiger charge is -2.39. The minimum Gasteiger partial charge on any atom is -0.381 e. The lowest BCUT2D eigenvalue weighted by molar-refractivity contribution is 0.212. The number of anilines is 1. The van der Waals surface area contributed by atoms with E-state index in [1.54, 1.807) is 0 Å². The van der Waals surface area contributed by atoms with Crippen LogP contribution in [-0.2, 0) is 0 Å². The molecule has 1 aliphatic rings. The van der Waals surface area contributed by atoms with E-state index in [1.807, 2.05) is 0 Å². The Morgan fingerprint density at radius 2 is 2.00 bits per heavy atom. The smallest absolute Gasteiger partial charge is 0.0486 e. The molecule has 0 aromatic heterocycles. The zero-order chi connectivity index (χ0) is 11.7. The van der Waals surface area contributed by atoms with Crippen molar-refractivity contribution in [1.29, 1.82) is 0 Å². The van der Waals surface area contributed by atoms with Gasteiger partial charge >= 0.3 is 0 Å². The highest BCUT2D eigenvalue weighted by atomic mass is 79.9. The number of hydrogen-bond donors (Lipinski definition) is 1. The Morgan fingerprint density at radius 1 is 1.31 bits per heavy atom. The largest absolute Gasteiger partial charge is 0.381 e. The van der Waals surface area contributed by atoms with Crippen molar-refractivity contribution < 1.29 is 0 Å². The van der Waals surface area contributed by atoms with Crippen molar-refractivity contribution in [3.05, 3.63) is 28.2 Å². The number of benzene rings is 1. The zero-order valence-corrected chi connectivity index (χ0v) is 11.8. The molecule has 1 aromatic carbocycles. The molecule has 0 atom stereocenters. The fourth-order valence-electron chi connectivity index (χ4n) is 2.28. The van der Waals surface area contributed by atoms with Crippen LogP contribution >= 0.6 is 15.9 Å². The Hall–Kier alpha value is -0.500. The van der Waals surface area contributed by atoms with Crippen molar-refractivity contribution in [1.82, 2.24) is 0 Å². The van der Waals surface area contributed by atoms with Crippen LogP contribution in [0.2, 0.25) is 0 Å². The Labute approximate surface area is 107 Å². The standard InChI is InChI=1S/C14H20BrN/c1-9(2)11-7-12(8-11)16-14-5-4-10(3)6-13(14)15/h4-6,9,11-12,16H,7-8H2,1-3H3. The van der Waals surface area contributed by atoms with Gasteiger partial charge in [-0.25, -0.2) is 0 Å². The summed E-state index contributed by atoms with van der Waals surface area (Å²) in [5, 5.41) is 3.61. The minimum atomic E-state index is 0.673. The highest BCUT2D eigenvalue weighted by molar-refractivity contribution is 9.10. The summed E-state index contributed by atoms with van der Waals surface area (Å²) in [5.74, 6) is 1.75. The van der Waals surface area contributed by atoms with Gasteiger partial charge in [-0.05, 0) is 65.2 Å². The Bertz CT molecular complexity index is 367. The van der Waals surface area contributed by atoms with Crippen LogP contribution in [-0.4, -0.2) is 6.04 Å². The molecule has 1 N–H and O–H groups in total. The summed E-state index contributed by atoms with van der Waals surface area (Å²) in [6.07, 6.45) is 2.63. The summed E-state index contributed by atoms with van der Waals surface area (Å²) >= 11 is 3.61. The Balaban J connectivity index is 1.91. The molecule has 1 fully saturated rings. The van der Waals surface area contributed by atoms with E-state index in [2.05, 4.69) is 60.2 Å². The summed E-state index contributed by atoms with van der Waals surface area (Å²) in [5.41, 5.74) is 2.53. The number of aryl methyl sites for hydroxylation is 1. The molecule has 0 heterocycles. The van der Waals surface area contributed by atoms with Gasteiger partial charge in [0, 0.05) is 16.2 Å². The molecule has 88 valence electrons. The van der Waals surface area contributed by atoms with Crippen LogP contribution in [0.1, 0.15) is 32.3 Å². The molecule has 0 spiro atoms. The zero-order valence-electron chi connectivity index (χ0n) is 10.3. The summed E-state index contributed by atoms with van der Waals surface area (Å²) in [6, 6.07) is 7.17. The third kappa shape index (κ3) is 2.60. The average Bonchev–Trinajstić information content (AvgIpc) is 2.12. The Morgan fingerprint density at radius 3 is 2.56 bits per heavy atom. The number of nitrogens with one attached hydrogen (secondary N) is 1. The third-order valence-corrected chi connectivity index (χ3v) is 4.26. The molecule has 1 aliphatic carbocycles. The summed E-state index contributed by atoms with van der Waals surface area (Å²) in [6.45, 7) is 6.76. The average molecular weight is 282 g/mol. The molecule has 16 heavy (non-hydrogen) atoms.